The molecule has 3 aromatic rings. The minimum absolute atomic E-state index is 0.0488. The Morgan fingerprint density at radius 3 is 2.58 bits per heavy atom. The number of halogens is 1. The van der Waals surface area contributed by atoms with Crippen molar-refractivity contribution in [1.29, 1.82) is 0 Å². The molecule has 2 aromatic carbocycles. The number of thiazole rings is 1. The van der Waals surface area contributed by atoms with Crippen LogP contribution in [0, 0.1) is 0 Å². The number of aromatic nitrogens is 1. The molecule has 0 aliphatic rings. The van der Waals surface area contributed by atoms with Crippen LogP contribution in [0.2, 0.25) is 5.02 Å². The smallest absolute Gasteiger partial charge is 0.225 e. The molecule has 0 unspecified atom stereocenters. The summed E-state index contributed by atoms with van der Waals surface area (Å²) in [6.07, 6.45) is 1.87. The largest absolute Gasteiger partial charge is 0.346 e. The highest BCUT2D eigenvalue weighted by molar-refractivity contribution is 7.09. The van der Waals surface area contributed by atoms with Gasteiger partial charge in [-0.05, 0) is 30.0 Å². The molecule has 26 heavy (non-hydrogen) atoms. The van der Waals surface area contributed by atoms with Gasteiger partial charge in [-0.15, -0.1) is 11.3 Å². The van der Waals surface area contributed by atoms with Crippen LogP contribution in [0.25, 0.3) is 0 Å². The summed E-state index contributed by atoms with van der Waals surface area (Å²) in [5, 5.41) is 6.77. The Morgan fingerprint density at radius 2 is 1.88 bits per heavy atom. The standard InChI is InChI=1S/C21H21ClN2OS/c1-2-17-14-26-21(23-17)19(12-15-8-4-3-5-9-15)24-20(25)13-16-10-6-7-11-18(16)22/h3-11,14,19H,2,12-13H2,1H3,(H,24,25)/t19-/m0/s1. The van der Waals surface area contributed by atoms with Crippen LogP contribution in [0.15, 0.2) is 60.0 Å². The van der Waals surface area contributed by atoms with E-state index in [4.69, 9.17) is 11.6 Å². The molecule has 0 radical (unpaired) electrons. The molecule has 0 saturated heterocycles. The SMILES string of the molecule is CCc1csc([C@H](Cc2ccccc2)NC(=O)Cc2ccccc2Cl)n1. The molecule has 0 saturated carbocycles. The summed E-state index contributed by atoms with van der Waals surface area (Å²) in [4.78, 5) is 17.3. The molecule has 0 fully saturated rings. The molecular formula is C21H21ClN2OS. The molecule has 1 amide bonds. The van der Waals surface area contributed by atoms with Crippen LogP contribution in [-0.2, 0) is 24.1 Å². The van der Waals surface area contributed by atoms with Gasteiger partial charge >= 0.3 is 0 Å². The van der Waals surface area contributed by atoms with Gasteiger partial charge in [0.05, 0.1) is 18.2 Å². The Balaban J connectivity index is 1.76. The van der Waals surface area contributed by atoms with Crippen molar-refractivity contribution >= 4 is 28.8 Å². The number of benzene rings is 2. The summed E-state index contributed by atoms with van der Waals surface area (Å²) < 4.78 is 0. The summed E-state index contributed by atoms with van der Waals surface area (Å²) in [7, 11) is 0. The molecule has 1 atom stereocenters. The molecule has 3 nitrogen and oxygen atoms in total. The Labute approximate surface area is 163 Å². The van der Waals surface area contributed by atoms with Crippen molar-refractivity contribution in [1.82, 2.24) is 10.3 Å². The number of hydrogen-bond acceptors (Lipinski definition) is 3. The van der Waals surface area contributed by atoms with E-state index in [9.17, 15) is 4.79 Å². The van der Waals surface area contributed by atoms with Crippen LogP contribution in [0.1, 0.15) is 34.8 Å². The average Bonchev–Trinajstić information content (AvgIpc) is 3.13. The molecule has 1 heterocycles. The number of rotatable bonds is 7. The number of aryl methyl sites for hydroxylation is 1. The number of hydrogen-bond donors (Lipinski definition) is 1. The number of amides is 1. The Hall–Kier alpha value is -2.17. The number of nitrogens with zero attached hydrogens (tertiary/aromatic N) is 1. The first-order valence-corrected chi connectivity index (χ1v) is 9.92. The molecule has 1 N–H and O–H groups in total. The van der Waals surface area contributed by atoms with E-state index >= 15 is 0 Å². The minimum Gasteiger partial charge on any atom is -0.346 e. The van der Waals surface area contributed by atoms with Crippen LogP contribution in [-0.4, -0.2) is 10.9 Å². The Morgan fingerprint density at radius 1 is 1.15 bits per heavy atom. The lowest BCUT2D eigenvalue weighted by Gasteiger charge is -2.17. The summed E-state index contributed by atoms with van der Waals surface area (Å²) in [6.45, 7) is 2.08. The molecule has 0 aliphatic carbocycles. The Kier molecular flexibility index (Phi) is 6.42. The van der Waals surface area contributed by atoms with Crippen molar-refractivity contribution in [3.05, 3.63) is 86.8 Å². The first-order chi connectivity index (χ1) is 12.7. The summed E-state index contributed by atoms with van der Waals surface area (Å²) in [5.41, 5.74) is 3.06. The molecule has 5 heteroatoms. The van der Waals surface area contributed by atoms with E-state index in [1.807, 2.05) is 36.4 Å². The molecule has 3 rings (SSSR count). The van der Waals surface area contributed by atoms with Gasteiger partial charge in [-0.1, -0.05) is 67.1 Å². The topological polar surface area (TPSA) is 42.0 Å². The van der Waals surface area contributed by atoms with E-state index in [0.29, 0.717) is 11.4 Å². The third-order valence-electron chi connectivity index (χ3n) is 4.16. The second-order valence-corrected chi connectivity index (χ2v) is 7.41. The number of carbonyl (C=O) groups is 1. The maximum Gasteiger partial charge on any atom is 0.225 e. The molecule has 0 aliphatic heterocycles. The van der Waals surface area contributed by atoms with Crippen LogP contribution >= 0.6 is 22.9 Å². The van der Waals surface area contributed by atoms with Crippen LogP contribution in [0.3, 0.4) is 0 Å². The first kappa shape index (κ1) is 18.6. The zero-order valence-corrected chi connectivity index (χ0v) is 16.2. The predicted molar refractivity (Wildman–Crippen MR) is 108 cm³/mol. The average molecular weight is 385 g/mol. The fraction of sp³-hybridized carbons (Fsp3) is 0.238. The van der Waals surface area contributed by atoms with Gasteiger partial charge in [-0.25, -0.2) is 4.98 Å². The highest BCUT2D eigenvalue weighted by Crippen LogP contribution is 2.23. The van der Waals surface area contributed by atoms with Crippen molar-refractivity contribution in [3.8, 4) is 0 Å². The molecular weight excluding hydrogens is 364 g/mol. The number of nitrogens with one attached hydrogen (secondary N) is 1. The second-order valence-electron chi connectivity index (χ2n) is 6.11. The quantitative estimate of drug-likeness (QED) is 0.622. The van der Waals surface area contributed by atoms with Gasteiger partial charge < -0.3 is 5.32 Å². The van der Waals surface area contributed by atoms with Crippen molar-refractivity contribution in [2.75, 3.05) is 0 Å². The molecule has 0 bridgehead atoms. The third-order valence-corrected chi connectivity index (χ3v) is 5.53. The maximum atomic E-state index is 12.6. The van der Waals surface area contributed by atoms with Gasteiger partial charge in [0.2, 0.25) is 5.91 Å². The van der Waals surface area contributed by atoms with Crippen LogP contribution in [0.5, 0.6) is 0 Å². The zero-order chi connectivity index (χ0) is 18.4. The molecule has 1 aromatic heterocycles. The van der Waals surface area contributed by atoms with Gasteiger partial charge in [-0.3, -0.25) is 4.79 Å². The van der Waals surface area contributed by atoms with Crippen molar-refractivity contribution < 1.29 is 4.79 Å². The predicted octanol–water partition coefficient (Wildman–Crippen LogP) is 5.00. The van der Waals surface area contributed by atoms with Gasteiger partial charge in [0.25, 0.3) is 0 Å². The lowest BCUT2D eigenvalue weighted by Crippen LogP contribution is -2.31. The lowest BCUT2D eigenvalue weighted by molar-refractivity contribution is -0.121. The minimum atomic E-state index is -0.141. The molecule has 134 valence electrons. The fourth-order valence-electron chi connectivity index (χ4n) is 2.76. The highest BCUT2D eigenvalue weighted by Gasteiger charge is 2.19. The first-order valence-electron chi connectivity index (χ1n) is 8.66. The van der Waals surface area contributed by atoms with Gasteiger partial charge in [-0.2, -0.15) is 0 Å². The van der Waals surface area contributed by atoms with E-state index < -0.39 is 0 Å². The van der Waals surface area contributed by atoms with Crippen LogP contribution < -0.4 is 5.32 Å². The monoisotopic (exact) mass is 384 g/mol. The Bertz CT molecular complexity index is 863. The number of carbonyl (C=O) groups excluding carboxylic acids is 1. The van der Waals surface area contributed by atoms with Gasteiger partial charge in [0.1, 0.15) is 5.01 Å². The van der Waals surface area contributed by atoms with E-state index in [-0.39, 0.29) is 18.4 Å². The van der Waals surface area contributed by atoms with Gasteiger partial charge in [0.15, 0.2) is 0 Å². The van der Waals surface area contributed by atoms with E-state index in [2.05, 4.69) is 34.7 Å². The van der Waals surface area contributed by atoms with E-state index in [1.54, 1.807) is 17.4 Å². The highest BCUT2D eigenvalue weighted by atomic mass is 35.5. The maximum absolute atomic E-state index is 12.6. The lowest BCUT2D eigenvalue weighted by atomic mass is 10.1. The van der Waals surface area contributed by atoms with Crippen molar-refractivity contribution in [2.24, 2.45) is 0 Å². The van der Waals surface area contributed by atoms with Gasteiger partial charge in [0, 0.05) is 10.4 Å². The molecule has 0 spiro atoms. The summed E-state index contributed by atoms with van der Waals surface area (Å²) in [6, 6.07) is 17.5. The summed E-state index contributed by atoms with van der Waals surface area (Å²) >= 11 is 7.78. The third kappa shape index (κ3) is 4.93. The van der Waals surface area contributed by atoms with Crippen LogP contribution in [0.4, 0.5) is 0 Å². The fourth-order valence-corrected chi connectivity index (χ4v) is 3.91. The van der Waals surface area contributed by atoms with E-state index in [0.717, 1.165) is 22.7 Å². The van der Waals surface area contributed by atoms with Crippen molar-refractivity contribution in [2.45, 2.75) is 32.2 Å². The second kappa shape index (κ2) is 8.97. The summed E-state index contributed by atoms with van der Waals surface area (Å²) in [5.74, 6) is -0.0488. The normalized spacial score (nSPS) is 11.9. The van der Waals surface area contributed by atoms with Crippen molar-refractivity contribution in [3.63, 3.8) is 0 Å². The van der Waals surface area contributed by atoms with E-state index in [1.165, 1.54) is 5.56 Å². The zero-order valence-electron chi connectivity index (χ0n) is 14.6.